The van der Waals surface area contributed by atoms with Gasteiger partial charge in [0.05, 0.1) is 16.9 Å². The number of carbonyl (C=O) groups excluding carboxylic acids is 2. The fourth-order valence-electron chi connectivity index (χ4n) is 3.06. The van der Waals surface area contributed by atoms with Crippen LogP contribution in [0.25, 0.3) is 0 Å². The van der Waals surface area contributed by atoms with Gasteiger partial charge >= 0.3 is 0 Å². The highest BCUT2D eigenvalue weighted by atomic mass is 16.5. The maximum absolute atomic E-state index is 12.7. The van der Waals surface area contributed by atoms with Crippen LogP contribution in [0.4, 0.5) is 0 Å². The molecule has 2 amide bonds. The van der Waals surface area contributed by atoms with Gasteiger partial charge in [-0.25, -0.2) is 0 Å². The Kier molecular flexibility index (Phi) is 5.34. The van der Waals surface area contributed by atoms with Crippen molar-refractivity contribution in [3.63, 3.8) is 0 Å². The van der Waals surface area contributed by atoms with E-state index < -0.39 is 5.54 Å². The smallest absolute Gasteiger partial charge is 0.289 e. The lowest BCUT2D eigenvalue weighted by Gasteiger charge is -2.31. The Labute approximate surface area is 158 Å². The molecule has 2 aromatic rings. The minimum Gasteiger partial charge on any atom is -0.364 e. The molecule has 146 valence electrons. The number of carbonyl (C=O) groups is 2. The molecule has 1 fully saturated rings. The van der Waals surface area contributed by atoms with E-state index in [4.69, 9.17) is 9.05 Å². The maximum Gasteiger partial charge on any atom is 0.289 e. The number of amides is 2. The number of nitrogens with one attached hydrogen (secondary N) is 2. The molecule has 1 aliphatic rings. The number of aromatic nitrogens is 2. The zero-order valence-corrected chi connectivity index (χ0v) is 16.2. The number of hydrogen-bond acceptors (Lipinski definition) is 6. The predicted octanol–water partition coefficient (Wildman–Crippen LogP) is 2.68. The van der Waals surface area contributed by atoms with Crippen molar-refractivity contribution in [3.05, 3.63) is 35.0 Å². The second-order valence-electron chi connectivity index (χ2n) is 7.63. The van der Waals surface area contributed by atoms with Crippen molar-refractivity contribution in [2.24, 2.45) is 5.92 Å². The Bertz CT molecular complexity index is 821. The van der Waals surface area contributed by atoms with Crippen molar-refractivity contribution < 1.29 is 18.6 Å². The van der Waals surface area contributed by atoms with Crippen LogP contribution in [0.5, 0.6) is 0 Å². The van der Waals surface area contributed by atoms with Crippen LogP contribution in [-0.4, -0.2) is 34.2 Å². The number of rotatable bonds is 8. The molecule has 2 aromatic heterocycles. The summed E-state index contributed by atoms with van der Waals surface area (Å²) in [7, 11) is 0. The quantitative estimate of drug-likeness (QED) is 0.735. The van der Waals surface area contributed by atoms with Crippen LogP contribution in [0.1, 0.15) is 78.8 Å². The summed E-state index contributed by atoms with van der Waals surface area (Å²) in [6, 6.07) is 1.65. The van der Waals surface area contributed by atoms with E-state index in [1.807, 2.05) is 27.7 Å². The molecule has 1 unspecified atom stereocenters. The number of aryl methyl sites for hydroxylation is 1. The van der Waals surface area contributed by atoms with Crippen molar-refractivity contribution in [2.75, 3.05) is 6.54 Å². The van der Waals surface area contributed by atoms with Gasteiger partial charge in [-0.1, -0.05) is 31.1 Å². The molecule has 1 saturated carbocycles. The molecule has 27 heavy (non-hydrogen) atoms. The van der Waals surface area contributed by atoms with Crippen LogP contribution in [-0.2, 0) is 6.42 Å². The molecule has 1 atom stereocenters. The fraction of sp³-hybridized carbons (Fsp3) is 0.579. The Morgan fingerprint density at radius 3 is 2.63 bits per heavy atom. The molecule has 8 nitrogen and oxygen atoms in total. The predicted molar refractivity (Wildman–Crippen MR) is 97.4 cm³/mol. The first-order valence-electron chi connectivity index (χ1n) is 9.34. The van der Waals surface area contributed by atoms with Crippen LogP contribution >= 0.6 is 0 Å². The summed E-state index contributed by atoms with van der Waals surface area (Å²) in [5.74, 6) is 0.0963. The van der Waals surface area contributed by atoms with Crippen LogP contribution in [0.15, 0.2) is 21.4 Å². The monoisotopic (exact) mass is 374 g/mol. The largest absolute Gasteiger partial charge is 0.364 e. The van der Waals surface area contributed by atoms with E-state index in [9.17, 15) is 9.59 Å². The maximum atomic E-state index is 12.7. The first-order valence-corrected chi connectivity index (χ1v) is 9.34. The number of hydrogen-bond donors (Lipinski definition) is 2. The summed E-state index contributed by atoms with van der Waals surface area (Å²) in [6.07, 6.45) is 4.00. The van der Waals surface area contributed by atoms with E-state index in [2.05, 4.69) is 20.9 Å². The standard InChI is InChI=1S/C19H26N4O4/c1-5-14-13(9-26-22-14)17(24)21-19(4,12-6-7-12)10-20-18(25)16-8-15(11(2)3)23-27-16/h8-9,11-12H,5-7,10H2,1-4H3,(H,20,25)(H,21,24). The third-order valence-electron chi connectivity index (χ3n) is 5.06. The van der Waals surface area contributed by atoms with Crippen molar-refractivity contribution in [2.45, 2.75) is 58.4 Å². The summed E-state index contributed by atoms with van der Waals surface area (Å²) >= 11 is 0. The molecule has 0 radical (unpaired) electrons. The Morgan fingerprint density at radius 1 is 1.30 bits per heavy atom. The van der Waals surface area contributed by atoms with Gasteiger partial charge in [0.25, 0.3) is 11.8 Å². The normalized spacial score (nSPS) is 16.2. The Morgan fingerprint density at radius 2 is 2.04 bits per heavy atom. The second-order valence-corrected chi connectivity index (χ2v) is 7.63. The minimum absolute atomic E-state index is 0.176. The summed E-state index contributed by atoms with van der Waals surface area (Å²) in [6.45, 7) is 8.12. The van der Waals surface area contributed by atoms with E-state index in [1.165, 1.54) is 6.26 Å². The van der Waals surface area contributed by atoms with Gasteiger partial charge in [-0.15, -0.1) is 0 Å². The Balaban J connectivity index is 1.66. The van der Waals surface area contributed by atoms with Crippen LogP contribution in [0.3, 0.4) is 0 Å². The Hall–Kier alpha value is -2.64. The SMILES string of the molecule is CCc1nocc1C(=O)NC(C)(CNC(=O)c1cc(C(C)C)no1)C1CC1. The van der Waals surface area contributed by atoms with Crippen LogP contribution in [0, 0.1) is 5.92 Å². The molecule has 2 N–H and O–H groups in total. The molecular weight excluding hydrogens is 348 g/mol. The molecule has 0 saturated heterocycles. The molecule has 8 heteroatoms. The average molecular weight is 374 g/mol. The third-order valence-corrected chi connectivity index (χ3v) is 5.06. The first kappa shape index (κ1) is 19.1. The van der Waals surface area contributed by atoms with Crippen molar-refractivity contribution >= 4 is 11.8 Å². The van der Waals surface area contributed by atoms with Gasteiger partial charge in [-0.3, -0.25) is 9.59 Å². The highest BCUT2D eigenvalue weighted by molar-refractivity contribution is 5.95. The van der Waals surface area contributed by atoms with E-state index in [0.717, 1.165) is 18.5 Å². The van der Waals surface area contributed by atoms with E-state index in [-0.39, 0.29) is 23.5 Å². The zero-order valence-electron chi connectivity index (χ0n) is 16.2. The number of nitrogens with zero attached hydrogens (tertiary/aromatic N) is 2. The molecule has 1 aliphatic carbocycles. The van der Waals surface area contributed by atoms with Gasteiger partial charge < -0.3 is 19.7 Å². The van der Waals surface area contributed by atoms with Gasteiger partial charge in [0.1, 0.15) is 11.8 Å². The van der Waals surface area contributed by atoms with Gasteiger partial charge in [0.15, 0.2) is 0 Å². The fourth-order valence-corrected chi connectivity index (χ4v) is 3.06. The molecular formula is C19H26N4O4. The lowest BCUT2D eigenvalue weighted by molar-refractivity contribution is 0.0845. The summed E-state index contributed by atoms with van der Waals surface area (Å²) < 4.78 is 10.1. The second kappa shape index (κ2) is 7.54. The zero-order chi connectivity index (χ0) is 19.6. The summed E-state index contributed by atoms with van der Waals surface area (Å²) in [5, 5.41) is 13.7. The molecule has 0 spiro atoms. The van der Waals surface area contributed by atoms with E-state index in [0.29, 0.717) is 30.1 Å². The van der Waals surface area contributed by atoms with E-state index in [1.54, 1.807) is 6.07 Å². The minimum atomic E-state index is -0.560. The third kappa shape index (κ3) is 4.20. The van der Waals surface area contributed by atoms with Gasteiger partial charge in [0.2, 0.25) is 5.76 Å². The van der Waals surface area contributed by atoms with Crippen molar-refractivity contribution in [1.82, 2.24) is 20.9 Å². The molecule has 2 heterocycles. The highest BCUT2D eigenvalue weighted by Gasteiger charge is 2.43. The molecule has 3 rings (SSSR count). The van der Waals surface area contributed by atoms with Crippen LogP contribution in [0.2, 0.25) is 0 Å². The lowest BCUT2D eigenvalue weighted by Crippen LogP contribution is -2.55. The average Bonchev–Trinajstić information content (AvgIpc) is 3.20. The summed E-state index contributed by atoms with van der Waals surface area (Å²) in [4.78, 5) is 25.1. The highest BCUT2D eigenvalue weighted by Crippen LogP contribution is 2.39. The molecule has 0 aliphatic heterocycles. The summed E-state index contributed by atoms with van der Waals surface area (Å²) in [5.41, 5.74) is 1.23. The van der Waals surface area contributed by atoms with Gasteiger partial charge in [0, 0.05) is 12.6 Å². The van der Waals surface area contributed by atoms with Crippen LogP contribution < -0.4 is 10.6 Å². The lowest BCUT2D eigenvalue weighted by atomic mass is 9.94. The van der Waals surface area contributed by atoms with E-state index >= 15 is 0 Å². The van der Waals surface area contributed by atoms with Crippen molar-refractivity contribution in [3.8, 4) is 0 Å². The van der Waals surface area contributed by atoms with Crippen molar-refractivity contribution in [1.29, 1.82) is 0 Å². The first-order chi connectivity index (χ1) is 12.8. The molecule has 0 bridgehead atoms. The van der Waals surface area contributed by atoms with Gasteiger partial charge in [-0.05, 0) is 38.0 Å². The van der Waals surface area contributed by atoms with Gasteiger partial charge in [-0.2, -0.15) is 0 Å². The molecule has 0 aromatic carbocycles. The topological polar surface area (TPSA) is 110 Å².